The Bertz CT molecular complexity index is 755. The smallest absolute Gasteiger partial charge is 0.331 e. The Labute approximate surface area is 144 Å². The molecule has 0 radical (unpaired) electrons. The highest BCUT2D eigenvalue weighted by atomic mass is 16.5. The number of ketones is 1. The average molecular weight is 345 g/mol. The fourth-order valence-corrected chi connectivity index (χ4v) is 3.59. The van der Waals surface area contributed by atoms with E-state index < -0.39 is 24.0 Å². The number of hydrogen-bond donors (Lipinski definition) is 2. The summed E-state index contributed by atoms with van der Waals surface area (Å²) in [6.07, 6.45) is 6.24. The second kappa shape index (κ2) is 5.62. The number of nitrogens with zero attached hydrogens (tertiary/aromatic N) is 3. The van der Waals surface area contributed by atoms with Gasteiger partial charge in [0.1, 0.15) is 18.2 Å². The minimum absolute atomic E-state index is 0.140. The highest BCUT2D eigenvalue weighted by molar-refractivity contribution is 6.13. The van der Waals surface area contributed by atoms with Gasteiger partial charge in [-0.3, -0.25) is 14.6 Å². The van der Waals surface area contributed by atoms with Crippen LogP contribution in [0, 0.1) is 0 Å². The van der Waals surface area contributed by atoms with E-state index in [-0.39, 0.29) is 31.4 Å². The summed E-state index contributed by atoms with van der Waals surface area (Å²) >= 11 is 0. The number of aliphatic hydroxyl groups excluding tert-OH is 2. The summed E-state index contributed by atoms with van der Waals surface area (Å²) in [4.78, 5) is 32.5. The Balaban J connectivity index is 1.58. The van der Waals surface area contributed by atoms with Crippen LogP contribution in [0.1, 0.15) is 13.3 Å². The lowest BCUT2D eigenvalue weighted by Gasteiger charge is -2.33. The lowest BCUT2D eigenvalue weighted by Crippen LogP contribution is -2.51. The van der Waals surface area contributed by atoms with Gasteiger partial charge in [-0.15, -0.1) is 0 Å². The zero-order valence-electron chi connectivity index (χ0n) is 13.7. The van der Waals surface area contributed by atoms with Crippen molar-refractivity contribution in [3.8, 4) is 0 Å². The van der Waals surface area contributed by atoms with Gasteiger partial charge in [-0.05, 0) is 25.2 Å². The summed E-state index contributed by atoms with van der Waals surface area (Å²) in [5.41, 5.74) is -0.140. The third kappa shape index (κ3) is 2.45. The molecule has 8 nitrogen and oxygen atoms in total. The predicted molar refractivity (Wildman–Crippen MR) is 87.5 cm³/mol. The van der Waals surface area contributed by atoms with Gasteiger partial charge in [0.15, 0.2) is 11.3 Å². The maximum Gasteiger partial charge on any atom is 0.331 e. The molecule has 0 aromatic rings. The van der Waals surface area contributed by atoms with E-state index in [0.29, 0.717) is 5.84 Å². The fourth-order valence-electron chi connectivity index (χ4n) is 3.59. The molecule has 1 spiro atoms. The molecule has 4 atom stereocenters. The van der Waals surface area contributed by atoms with Crippen LogP contribution >= 0.6 is 0 Å². The van der Waals surface area contributed by atoms with E-state index in [0.717, 1.165) is 5.57 Å². The van der Waals surface area contributed by atoms with E-state index >= 15 is 0 Å². The number of amidine groups is 1. The molecule has 1 fully saturated rings. The number of fused-ring (bicyclic) bond motifs is 1. The van der Waals surface area contributed by atoms with Crippen molar-refractivity contribution in [2.75, 3.05) is 13.2 Å². The van der Waals surface area contributed by atoms with E-state index in [9.17, 15) is 19.8 Å². The average Bonchev–Trinajstić information content (AvgIpc) is 3.13. The number of carbonyl (C=O) groups excluding carboxylic acids is 2. The summed E-state index contributed by atoms with van der Waals surface area (Å²) in [5, 5.41) is 19.1. The van der Waals surface area contributed by atoms with Crippen molar-refractivity contribution < 1.29 is 24.5 Å². The largest absolute Gasteiger partial charge is 0.394 e. The second-order valence-electron chi connectivity index (χ2n) is 6.69. The van der Waals surface area contributed by atoms with E-state index in [1.807, 2.05) is 6.92 Å². The number of carbonyl (C=O) groups is 2. The van der Waals surface area contributed by atoms with Crippen LogP contribution in [0.2, 0.25) is 0 Å². The van der Waals surface area contributed by atoms with Gasteiger partial charge in [-0.2, -0.15) is 0 Å². The van der Waals surface area contributed by atoms with E-state index in [2.05, 4.69) is 4.99 Å². The number of aliphatic hydroxyl groups is 2. The molecule has 1 saturated heterocycles. The van der Waals surface area contributed by atoms with Crippen LogP contribution in [0.15, 0.2) is 41.1 Å². The molecule has 8 heteroatoms. The van der Waals surface area contributed by atoms with Crippen molar-refractivity contribution in [1.29, 1.82) is 0 Å². The maximum atomic E-state index is 12.9. The molecule has 1 aliphatic carbocycles. The maximum absolute atomic E-state index is 12.9. The summed E-state index contributed by atoms with van der Waals surface area (Å²) in [5.74, 6) is 0.284. The van der Waals surface area contributed by atoms with Gasteiger partial charge in [0, 0.05) is 12.6 Å². The van der Waals surface area contributed by atoms with Gasteiger partial charge in [-0.1, -0.05) is 11.6 Å². The number of ether oxygens (including phenoxy) is 1. The van der Waals surface area contributed by atoms with E-state index in [1.54, 1.807) is 24.4 Å². The molecule has 0 aromatic carbocycles. The number of allylic oxidation sites excluding steroid dienone is 2. The number of urea groups is 1. The second-order valence-corrected chi connectivity index (χ2v) is 6.69. The summed E-state index contributed by atoms with van der Waals surface area (Å²) in [6, 6.07) is -0.359. The molecule has 132 valence electrons. The van der Waals surface area contributed by atoms with Crippen molar-refractivity contribution >= 4 is 17.6 Å². The number of hydrogen-bond acceptors (Lipinski definition) is 6. The predicted octanol–water partition coefficient (Wildman–Crippen LogP) is -0.0580. The molecule has 2 N–H and O–H groups in total. The molecule has 2 amide bonds. The number of aliphatic imine (C=N–C) groups is 1. The monoisotopic (exact) mass is 345 g/mol. The first-order chi connectivity index (χ1) is 11.9. The molecule has 0 aromatic heterocycles. The Morgan fingerprint density at radius 1 is 1.36 bits per heavy atom. The molecular weight excluding hydrogens is 326 g/mol. The standard InChI is InChI=1S/C17H19N3O5/c1-10-2-3-13(23)17(7-10)9-20-14(18-17)4-5-19(16(20)24)15-6-11(22)12(8-21)25-15/h2-5,7,11-12,15,21-22H,6,8-9H2,1H3/t11-,12+,15+,17-/m0/s1. The van der Waals surface area contributed by atoms with Crippen molar-refractivity contribution in [2.24, 2.45) is 4.99 Å². The van der Waals surface area contributed by atoms with Gasteiger partial charge in [-0.25, -0.2) is 9.79 Å². The van der Waals surface area contributed by atoms with Gasteiger partial charge < -0.3 is 14.9 Å². The highest BCUT2D eigenvalue weighted by Gasteiger charge is 2.49. The van der Waals surface area contributed by atoms with Gasteiger partial charge in [0.05, 0.1) is 19.3 Å². The van der Waals surface area contributed by atoms with Crippen LogP contribution < -0.4 is 0 Å². The van der Waals surface area contributed by atoms with Crippen LogP contribution in [-0.4, -0.2) is 74.8 Å². The first-order valence-electron chi connectivity index (χ1n) is 8.18. The van der Waals surface area contributed by atoms with Crippen molar-refractivity contribution in [1.82, 2.24) is 9.80 Å². The minimum Gasteiger partial charge on any atom is -0.394 e. The van der Waals surface area contributed by atoms with E-state index in [1.165, 1.54) is 15.9 Å². The van der Waals surface area contributed by atoms with E-state index in [4.69, 9.17) is 4.74 Å². The fraction of sp³-hybridized carbons (Fsp3) is 0.471. The summed E-state index contributed by atoms with van der Waals surface area (Å²) in [7, 11) is 0. The Morgan fingerprint density at radius 2 is 2.16 bits per heavy atom. The van der Waals surface area contributed by atoms with Crippen molar-refractivity contribution in [3.63, 3.8) is 0 Å². The van der Waals surface area contributed by atoms with Gasteiger partial charge >= 0.3 is 6.03 Å². The molecule has 4 aliphatic rings. The van der Waals surface area contributed by atoms with Crippen LogP contribution in [0.4, 0.5) is 4.79 Å². The lowest BCUT2D eigenvalue weighted by molar-refractivity contribution is -0.117. The number of rotatable bonds is 2. The molecule has 4 rings (SSSR count). The molecule has 3 aliphatic heterocycles. The first-order valence-corrected chi connectivity index (χ1v) is 8.18. The van der Waals surface area contributed by atoms with Crippen LogP contribution in [0.5, 0.6) is 0 Å². The molecule has 0 saturated carbocycles. The molecule has 0 bridgehead atoms. The Hall–Kier alpha value is -2.29. The molecular formula is C17H19N3O5. The molecule has 0 unspecified atom stereocenters. The lowest BCUT2D eigenvalue weighted by atomic mass is 9.88. The third-order valence-electron chi connectivity index (χ3n) is 4.91. The quantitative estimate of drug-likeness (QED) is 0.730. The zero-order chi connectivity index (χ0) is 17.8. The number of amides is 2. The molecule has 3 heterocycles. The van der Waals surface area contributed by atoms with Gasteiger partial charge in [0.2, 0.25) is 0 Å². The van der Waals surface area contributed by atoms with Crippen molar-refractivity contribution in [3.05, 3.63) is 36.1 Å². The zero-order valence-corrected chi connectivity index (χ0v) is 13.7. The Morgan fingerprint density at radius 3 is 2.88 bits per heavy atom. The highest BCUT2D eigenvalue weighted by Crippen LogP contribution is 2.33. The molecule has 25 heavy (non-hydrogen) atoms. The first kappa shape index (κ1) is 16.2. The van der Waals surface area contributed by atoms with Crippen LogP contribution in [-0.2, 0) is 9.53 Å². The Kier molecular flexibility index (Phi) is 3.64. The SMILES string of the molecule is CC1=C[C@]2(CN3C(=O)N([C@H]4C[C@H](O)[C@@H](CO)O4)C=CC3=N2)C(=O)C=C1. The minimum atomic E-state index is -1.06. The van der Waals surface area contributed by atoms with Crippen LogP contribution in [0.3, 0.4) is 0 Å². The normalized spacial score (nSPS) is 37.0. The summed E-state index contributed by atoms with van der Waals surface area (Å²) in [6.45, 7) is 1.71. The van der Waals surface area contributed by atoms with Crippen LogP contribution in [0.25, 0.3) is 0 Å². The summed E-state index contributed by atoms with van der Waals surface area (Å²) < 4.78 is 5.55. The topological polar surface area (TPSA) is 103 Å². The van der Waals surface area contributed by atoms with Gasteiger partial charge in [0.25, 0.3) is 0 Å². The van der Waals surface area contributed by atoms with Crippen molar-refractivity contribution in [2.45, 2.75) is 37.3 Å². The third-order valence-corrected chi connectivity index (χ3v) is 4.91.